The lowest BCUT2D eigenvalue weighted by atomic mass is 9.72. The molecule has 3 aliphatic rings. The lowest BCUT2D eigenvalue weighted by Crippen LogP contribution is -2.61. The normalized spacial score (nSPS) is 30.3. The fourth-order valence-electron chi connectivity index (χ4n) is 4.51. The molecule has 3 heterocycles. The van der Waals surface area contributed by atoms with Crippen molar-refractivity contribution in [3.05, 3.63) is 30.1 Å². The molecular formula is C20H27FN2O3. The maximum absolute atomic E-state index is 14.6. The second-order valence-corrected chi connectivity index (χ2v) is 8.01. The number of pyridine rings is 1. The standard InChI is InChI=1S/C20H27FN2O3/c21-20(7-1-8-20)18(24)23-11-5-17-19(14-23,6-2-12-26-17)15-25-13-16-3-9-22-10-4-16/h3-4,9-10,17H,1-2,5-8,11-15H2/t17-,19+/m0/s1. The lowest BCUT2D eigenvalue weighted by Gasteiger charge is -2.51. The van der Waals surface area contributed by atoms with Crippen molar-refractivity contribution in [3.63, 3.8) is 0 Å². The number of nitrogens with zero attached hydrogens (tertiary/aromatic N) is 2. The molecule has 5 nitrogen and oxygen atoms in total. The number of fused-ring (bicyclic) bond motifs is 1. The van der Waals surface area contributed by atoms with Gasteiger partial charge in [0.25, 0.3) is 5.91 Å². The third kappa shape index (κ3) is 3.37. The van der Waals surface area contributed by atoms with E-state index in [4.69, 9.17) is 9.47 Å². The van der Waals surface area contributed by atoms with Crippen LogP contribution in [-0.2, 0) is 20.9 Å². The molecule has 1 saturated carbocycles. The molecule has 0 aromatic carbocycles. The Balaban J connectivity index is 1.43. The Morgan fingerprint density at radius 3 is 2.85 bits per heavy atom. The molecule has 2 aliphatic heterocycles. The summed E-state index contributed by atoms with van der Waals surface area (Å²) in [6.45, 7) is 2.93. The average Bonchev–Trinajstić information content (AvgIpc) is 2.66. The molecule has 0 unspecified atom stereocenters. The average molecular weight is 362 g/mol. The first kappa shape index (κ1) is 17.9. The molecule has 0 spiro atoms. The van der Waals surface area contributed by atoms with Gasteiger partial charge in [0.1, 0.15) is 0 Å². The second-order valence-electron chi connectivity index (χ2n) is 8.01. The SMILES string of the molecule is O=C(N1CC[C@@H]2OCCC[C@]2(COCc2ccncc2)C1)C1(F)CCC1. The van der Waals surface area contributed by atoms with E-state index >= 15 is 0 Å². The molecule has 1 aliphatic carbocycles. The number of rotatable bonds is 5. The Bertz CT molecular complexity index is 637. The molecule has 0 N–H and O–H groups in total. The number of halogens is 1. The zero-order valence-corrected chi connectivity index (χ0v) is 15.2. The van der Waals surface area contributed by atoms with Crippen LogP contribution >= 0.6 is 0 Å². The highest BCUT2D eigenvalue weighted by Gasteiger charge is 2.52. The van der Waals surface area contributed by atoms with Crippen LogP contribution in [0.3, 0.4) is 0 Å². The molecule has 3 fully saturated rings. The summed E-state index contributed by atoms with van der Waals surface area (Å²) in [5, 5.41) is 0. The van der Waals surface area contributed by atoms with Gasteiger partial charge < -0.3 is 14.4 Å². The monoisotopic (exact) mass is 362 g/mol. The first-order chi connectivity index (χ1) is 12.6. The van der Waals surface area contributed by atoms with E-state index in [-0.39, 0.29) is 17.4 Å². The molecule has 0 bridgehead atoms. The topological polar surface area (TPSA) is 51.7 Å². The third-order valence-corrected chi connectivity index (χ3v) is 6.21. The molecular weight excluding hydrogens is 335 g/mol. The van der Waals surface area contributed by atoms with E-state index in [9.17, 15) is 9.18 Å². The number of hydrogen-bond acceptors (Lipinski definition) is 4. The van der Waals surface area contributed by atoms with Crippen LogP contribution < -0.4 is 0 Å². The van der Waals surface area contributed by atoms with E-state index in [1.54, 1.807) is 17.3 Å². The van der Waals surface area contributed by atoms with Gasteiger partial charge in [-0.25, -0.2) is 4.39 Å². The molecule has 1 aromatic rings. The summed E-state index contributed by atoms with van der Waals surface area (Å²) in [5.74, 6) is -0.318. The van der Waals surface area contributed by atoms with E-state index in [0.29, 0.717) is 39.1 Å². The number of aromatic nitrogens is 1. The van der Waals surface area contributed by atoms with Crippen LogP contribution in [0, 0.1) is 5.41 Å². The van der Waals surface area contributed by atoms with Gasteiger partial charge in [0, 0.05) is 37.5 Å². The third-order valence-electron chi connectivity index (χ3n) is 6.21. The smallest absolute Gasteiger partial charge is 0.260 e. The predicted molar refractivity (Wildman–Crippen MR) is 94.2 cm³/mol. The number of likely N-dealkylation sites (tertiary alicyclic amines) is 1. The van der Waals surface area contributed by atoms with Crippen molar-refractivity contribution in [1.29, 1.82) is 0 Å². The van der Waals surface area contributed by atoms with Crippen molar-refractivity contribution >= 4 is 5.91 Å². The van der Waals surface area contributed by atoms with Gasteiger partial charge in [-0.2, -0.15) is 0 Å². The van der Waals surface area contributed by atoms with Crippen molar-refractivity contribution in [3.8, 4) is 0 Å². The van der Waals surface area contributed by atoms with Gasteiger partial charge in [0.2, 0.25) is 0 Å². The first-order valence-electron chi connectivity index (χ1n) is 9.68. The summed E-state index contributed by atoms with van der Waals surface area (Å²) in [5.41, 5.74) is -0.772. The van der Waals surface area contributed by atoms with Crippen LogP contribution in [0.2, 0.25) is 0 Å². The zero-order valence-electron chi connectivity index (χ0n) is 15.2. The Morgan fingerprint density at radius 2 is 2.12 bits per heavy atom. The number of amides is 1. The van der Waals surface area contributed by atoms with Gasteiger partial charge >= 0.3 is 0 Å². The van der Waals surface area contributed by atoms with E-state index in [1.807, 2.05) is 12.1 Å². The Labute approximate surface area is 153 Å². The van der Waals surface area contributed by atoms with E-state index in [0.717, 1.165) is 37.9 Å². The van der Waals surface area contributed by atoms with Crippen molar-refractivity contribution in [2.24, 2.45) is 5.41 Å². The highest BCUT2D eigenvalue weighted by Crippen LogP contribution is 2.43. The van der Waals surface area contributed by atoms with Crippen LogP contribution in [0.15, 0.2) is 24.5 Å². The minimum absolute atomic E-state index is 0.0923. The summed E-state index contributed by atoms with van der Waals surface area (Å²) in [4.78, 5) is 18.4. The molecule has 0 radical (unpaired) electrons. The molecule has 4 rings (SSSR count). The fourth-order valence-corrected chi connectivity index (χ4v) is 4.51. The Hall–Kier alpha value is -1.53. The molecule has 2 atom stereocenters. The number of hydrogen-bond donors (Lipinski definition) is 0. The Morgan fingerprint density at radius 1 is 1.31 bits per heavy atom. The zero-order chi connectivity index (χ0) is 18.0. The van der Waals surface area contributed by atoms with Crippen LogP contribution in [0.4, 0.5) is 4.39 Å². The second kappa shape index (κ2) is 7.24. The van der Waals surface area contributed by atoms with Crippen LogP contribution in [0.1, 0.15) is 44.1 Å². The minimum atomic E-state index is -1.62. The summed E-state index contributed by atoms with van der Waals surface area (Å²) >= 11 is 0. The van der Waals surface area contributed by atoms with E-state index < -0.39 is 5.67 Å². The van der Waals surface area contributed by atoms with Crippen LogP contribution in [0.25, 0.3) is 0 Å². The van der Waals surface area contributed by atoms with Gasteiger partial charge in [-0.15, -0.1) is 0 Å². The summed E-state index contributed by atoms with van der Waals surface area (Å²) in [7, 11) is 0. The molecule has 1 amide bonds. The number of alkyl halides is 1. The Kier molecular flexibility index (Phi) is 4.97. The highest BCUT2D eigenvalue weighted by molar-refractivity contribution is 5.86. The number of carbonyl (C=O) groups is 1. The summed E-state index contributed by atoms with van der Waals surface area (Å²) in [6, 6.07) is 3.87. The lowest BCUT2D eigenvalue weighted by molar-refractivity contribution is -0.176. The highest BCUT2D eigenvalue weighted by atomic mass is 19.1. The number of piperidine rings is 1. The van der Waals surface area contributed by atoms with Gasteiger partial charge in [-0.1, -0.05) is 0 Å². The number of ether oxygens (including phenoxy) is 2. The summed E-state index contributed by atoms with van der Waals surface area (Å²) < 4.78 is 26.7. The minimum Gasteiger partial charge on any atom is -0.377 e. The molecule has 6 heteroatoms. The van der Waals surface area contributed by atoms with Crippen molar-refractivity contribution in [1.82, 2.24) is 9.88 Å². The predicted octanol–water partition coefficient (Wildman–Crippen LogP) is 2.89. The maximum Gasteiger partial charge on any atom is 0.260 e. The van der Waals surface area contributed by atoms with Gasteiger partial charge in [0.15, 0.2) is 5.67 Å². The molecule has 2 saturated heterocycles. The van der Waals surface area contributed by atoms with Gasteiger partial charge in [-0.3, -0.25) is 9.78 Å². The van der Waals surface area contributed by atoms with Crippen molar-refractivity contribution in [2.75, 3.05) is 26.3 Å². The summed E-state index contributed by atoms with van der Waals surface area (Å²) in [6.07, 6.45) is 7.82. The maximum atomic E-state index is 14.6. The van der Waals surface area contributed by atoms with Crippen LogP contribution in [0.5, 0.6) is 0 Å². The van der Waals surface area contributed by atoms with Crippen molar-refractivity contribution < 1.29 is 18.7 Å². The first-order valence-corrected chi connectivity index (χ1v) is 9.68. The fraction of sp³-hybridized carbons (Fsp3) is 0.700. The van der Waals surface area contributed by atoms with Crippen LogP contribution in [-0.4, -0.2) is 53.9 Å². The van der Waals surface area contributed by atoms with E-state index in [2.05, 4.69) is 4.98 Å². The molecule has 1 aromatic heterocycles. The largest absolute Gasteiger partial charge is 0.377 e. The van der Waals surface area contributed by atoms with Gasteiger partial charge in [0.05, 0.1) is 19.3 Å². The van der Waals surface area contributed by atoms with Crippen molar-refractivity contribution in [2.45, 2.75) is 56.9 Å². The molecule has 26 heavy (non-hydrogen) atoms. The quantitative estimate of drug-likeness (QED) is 0.808. The molecule has 142 valence electrons. The van der Waals surface area contributed by atoms with E-state index in [1.165, 1.54) is 0 Å². The van der Waals surface area contributed by atoms with Gasteiger partial charge in [-0.05, 0) is 56.2 Å². The number of carbonyl (C=O) groups excluding carboxylic acids is 1.